The minimum Gasteiger partial charge on any atom is -0.297 e. The minimum atomic E-state index is -0.118. The molecule has 0 unspecified atom stereocenters. The van der Waals surface area contributed by atoms with Gasteiger partial charge in [-0.15, -0.1) is 10.2 Å². The molecule has 4 saturated carbocycles. The highest BCUT2D eigenvalue weighted by Crippen LogP contribution is 2.60. The van der Waals surface area contributed by atoms with Crippen molar-refractivity contribution in [3.8, 4) is 11.4 Å². The van der Waals surface area contributed by atoms with Crippen molar-refractivity contribution in [1.82, 2.24) is 20.2 Å². The van der Waals surface area contributed by atoms with Gasteiger partial charge in [0.25, 0.3) is 0 Å². The van der Waals surface area contributed by atoms with Crippen LogP contribution in [0.15, 0.2) is 24.3 Å². The van der Waals surface area contributed by atoms with Gasteiger partial charge >= 0.3 is 0 Å². The molecule has 0 aliphatic heterocycles. The summed E-state index contributed by atoms with van der Waals surface area (Å²) in [5.41, 5.74) is 0.630. The van der Waals surface area contributed by atoms with E-state index < -0.39 is 0 Å². The van der Waals surface area contributed by atoms with Gasteiger partial charge in [-0.25, -0.2) is 0 Å². The second-order valence-corrected chi connectivity index (χ2v) is 8.65. The first-order chi connectivity index (χ1) is 12.1. The fourth-order valence-corrected chi connectivity index (χ4v) is 6.03. The summed E-state index contributed by atoms with van der Waals surface area (Å²) in [4.78, 5) is 14.6. The molecule has 0 N–H and O–H groups in total. The van der Waals surface area contributed by atoms with E-state index in [9.17, 15) is 4.79 Å². The minimum absolute atomic E-state index is 0.118. The van der Waals surface area contributed by atoms with Crippen LogP contribution in [0, 0.1) is 23.2 Å². The zero-order valence-electron chi connectivity index (χ0n) is 14.1. The SMILES string of the molecule is O=C(Cn1nnc(-c2ccccc2Cl)n1)C12CC3CC(CC(C3)C1)C2. The average Bonchev–Trinajstić information content (AvgIpc) is 3.02. The van der Waals surface area contributed by atoms with Crippen LogP contribution in [0.5, 0.6) is 0 Å². The Hall–Kier alpha value is -1.75. The number of carbonyl (C=O) groups is 1. The third-order valence-corrected chi connectivity index (χ3v) is 6.81. The second-order valence-electron chi connectivity index (χ2n) is 8.24. The Balaban J connectivity index is 1.36. The summed E-state index contributed by atoms with van der Waals surface area (Å²) in [5, 5.41) is 13.2. The van der Waals surface area contributed by atoms with Crippen LogP contribution in [0.2, 0.25) is 5.02 Å². The van der Waals surface area contributed by atoms with Gasteiger partial charge in [0, 0.05) is 11.0 Å². The molecule has 4 aliphatic rings. The van der Waals surface area contributed by atoms with Crippen molar-refractivity contribution in [2.75, 3.05) is 0 Å². The fourth-order valence-electron chi connectivity index (χ4n) is 5.81. The first-order valence-corrected chi connectivity index (χ1v) is 9.55. The Bertz CT molecular complexity index is 795. The molecule has 0 atom stereocenters. The molecular formula is C19H21ClN4O. The van der Waals surface area contributed by atoms with Crippen molar-refractivity contribution in [2.45, 2.75) is 45.1 Å². The van der Waals surface area contributed by atoms with Crippen molar-refractivity contribution >= 4 is 17.4 Å². The first-order valence-electron chi connectivity index (χ1n) is 9.17. The topological polar surface area (TPSA) is 60.7 Å². The molecule has 0 spiro atoms. The molecule has 1 aromatic carbocycles. The van der Waals surface area contributed by atoms with Gasteiger partial charge in [-0.3, -0.25) is 4.79 Å². The fraction of sp³-hybridized carbons (Fsp3) is 0.579. The number of nitrogens with zero attached hydrogens (tertiary/aromatic N) is 4. The maximum Gasteiger partial charge on any atom is 0.206 e. The van der Waals surface area contributed by atoms with Crippen LogP contribution in [0.3, 0.4) is 0 Å². The van der Waals surface area contributed by atoms with Gasteiger partial charge < -0.3 is 0 Å². The van der Waals surface area contributed by atoms with E-state index in [1.165, 1.54) is 24.1 Å². The molecule has 6 heteroatoms. The van der Waals surface area contributed by atoms with Gasteiger partial charge in [0.05, 0.1) is 5.02 Å². The lowest BCUT2D eigenvalue weighted by Gasteiger charge is -2.55. The van der Waals surface area contributed by atoms with Gasteiger partial charge in [-0.1, -0.05) is 23.7 Å². The molecule has 1 heterocycles. The molecule has 25 heavy (non-hydrogen) atoms. The number of rotatable bonds is 4. The molecule has 4 bridgehead atoms. The lowest BCUT2D eigenvalue weighted by atomic mass is 9.48. The van der Waals surface area contributed by atoms with Crippen LogP contribution >= 0.6 is 11.6 Å². The normalized spacial score (nSPS) is 32.9. The highest BCUT2D eigenvalue weighted by Gasteiger charge is 2.54. The van der Waals surface area contributed by atoms with Gasteiger partial charge in [-0.2, -0.15) is 4.80 Å². The standard InChI is InChI=1S/C19H21ClN4O/c20-16-4-2-1-3-15(16)18-21-23-24(22-18)11-17(25)19-8-12-5-13(9-19)7-14(6-12)10-19/h1-4,12-14H,5-11H2. The maximum absolute atomic E-state index is 13.1. The molecule has 2 aromatic rings. The van der Waals surface area contributed by atoms with Gasteiger partial charge in [-0.05, 0) is 73.6 Å². The van der Waals surface area contributed by atoms with Gasteiger partial charge in [0.15, 0.2) is 5.78 Å². The Morgan fingerprint density at radius 2 is 1.76 bits per heavy atom. The third-order valence-electron chi connectivity index (χ3n) is 6.48. The number of benzene rings is 1. The number of tetrazole rings is 1. The number of carbonyl (C=O) groups excluding carboxylic acids is 1. The van der Waals surface area contributed by atoms with E-state index in [1.54, 1.807) is 6.07 Å². The molecule has 130 valence electrons. The van der Waals surface area contributed by atoms with Crippen LogP contribution in [0.25, 0.3) is 11.4 Å². The summed E-state index contributed by atoms with van der Waals surface area (Å²) < 4.78 is 0. The highest BCUT2D eigenvalue weighted by atomic mass is 35.5. The van der Waals surface area contributed by atoms with Crippen LogP contribution in [-0.2, 0) is 11.3 Å². The van der Waals surface area contributed by atoms with E-state index in [0.717, 1.165) is 42.6 Å². The van der Waals surface area contributed by atoms with Crippen molar-refractivity contribution in [3.05, 3.63) is 29.3 Å². The van der Waals surface area contributed by atoms with E-state index in [4.69, 9.17) is 11.6 Å². The van der Waals surface area contributed by atoms with Gasteiger partial charge in [0.1, 0.15) is 6.54 Å². The van der Waals surface area contributed by atoms with E-state index in [1.807, 2.05) is 18.2 Å². The zero-order valence-corrected chi connectivity index (χ0v) is 14.8. The molecule has 6 rings (SSSR count). The lowest BCUT2D eigenvalue weighted by Crippen LogP contribution is -2.50. The number of Topliss-reactive ketones (excluding diaryl/α,β-unsaturated/α-hetero) is 1. The smallest absolute Gasteiger partial charge is 0.206 e. The van der Waals surface area contributed by atoms with Crippen molar-refractivity contribution in [1.29, 1.82) is 0 Å². The summed E-state index contributed by atoms with van der Waals surface area (Å²) in [5.74, 6) is 3.06. The Kier molecular flexibility index (Phi) is 3.49. The van der Waals surface area contributed by atoms with Crippen LogP contribution in [0.4, 0.5) is 0 Å². The third kappa shape index (κ3) is 2.60. The molecule has 1 aromatic heterocycles. The van der Waals surface area contributed by atoms with Gasteiger partial charge in [0.2, 0.25) is 5.82 Å². The maximum atomic E-state index is 13.1. The summed E-state index contributed by atoms with van der Waals surface area (Å²) in [6, 6.07) is 7.43. The summed E-state index contributed by atoms with van der Waals surface area (Å²) >= 11 is 6.20. The van der Waals surface area contributed by atoms with Crippen molar-refractivity contribution in [3.63, 3.8) is 0 Å². The van der Waals surface area contributed by atoms with E-state index in [2.05, 4.69) is 15.4 Å². The van der Waals surface area contributed by atoms with Crippen LogP contribution in [-0.4, -0.2) is 26.0 Å². The number of halogens is 1. The number of ketones is 1. The Morgan fingerprint density at radius 1 is 1.12 bits per heavy atom. The van der Waals surface area contributed by atoms with Crippen LogP contribution < -0.4 is 0 Å². The van der Waals surface area contributed by atoms with E-state index >= 15 is 0 Å². The molecule has 5 nitrogen and oxygen atoms in total. The monoisotopic (exact) mass is 356 g/mol. The average molecular weight is 357 g/mol. The van der Waals surface area contributed by atoms with Crippen LogP contribution in [0.1, 0.15) is 38.5 Å². The molecule has 4 aliphatic carbocycles. The Morgan fingerprint density at radius 3 is 2.40 bits per heavy atom. The van der Waals surface area contributed by atoms with E-state index in [-0.39, 0.29) is 12.0 Å². The predicted octanol–water partition coefficient (Wildman–Crippen LogP) is 3.78. The highest BCUT2D eigenvalue weighted by molar-refractivity contribution is 6.33. The first kappa shape index (κ1) is 15.5. The van der Waals surface area contributed by atoms with Crippen molar-refractivity contribution < 1.29 is 4.79 Å². The van der Waals surface area contributed by atoms with Crippen molar-refractivity contribution in [2.24, 2.45) is 23.2 Å². The summed E-state index contributed by atoms with van der Waals surface area (Å²) in [6.45, 7) is 0.226. The Labute approximate surface area is 151 Å². The predicted molar refractivity (Wildman–Crippen MR) is 93.9 cm³/mol. The largest absolute Gasteiger partial charge is 0.297 e. The summed E-state index contributed by atoms with van der Waals surface area (Å²) in [7, 11) is 0. The molecular weight excluding hydrogens is 336 g/mol. The second kappa shape index (κ2) is 5.63. The molecule has 0 radical (unpaired) electrons. The molecule has 0 saturated heterocycles. The lowest BCUT2D eigenvalue weighted by molar-refractivity contribution is -0.145. The quantitative estimate of drug-likeness (QED) is 0.836. The number of aromatic nitrogens is 4. The molecule has 0 amide bonds. The summed E-state index contributed by atoms with van der Waals surface area (Å²) in [6.07, 6.45) is 7.23. The zero-order chi connectivity index (χ0) is 17.0. The molecule has 4 fully saturated rings. The van der Waals surface area contributed by atoms with E-state index in [0.29, 0.717) is 16.6 Å². The number of hydrogen-bond acceptors (Lipinski definition) is 4. The number of hydrogen-bond donors (Lipinski definition) is 0.